The quantitative estimate of drug-likeness (QED) is 0.829. The van der Waals surface area contributed by atoms with Gasteiger partial charge in [-0.2, -0.15) is 4.31 Å². The van der Waals surface area contributed by atoms with E-state index in [2.05, 4.69) is 5.32 Å². The van der Waals surface area contributed by atoms with Gasteiger partial charge in [-0.25, -0.2) is 8.42 Å². The van der Waals surface area contributed by atoms with E-state index in [1.807, 2.05) is 0 Å². The first-order chi connectivity index (χ1) is 8.78. The first-order valence-electron chi connectivity index (χ1n) is 5.84. The molecule has 19 heavy (non-hydrogen) atoms. The minimum Gasteiger partial charge on any atom is -0.329 e. The van der Waals surface area contributed by atoms with Crippen molar-refractivity contribution in [3.8, 4) is 0 Å². The van der Waals surface area contributed by atoms with E-state index in [4.69, 9.17) is 5.73 Å². The number of anilines is 1. The highest BCUT2D eigenvalue weighted by Crippen LogP contribution is 2.18. The van der Waals surface area contributed by atoms with Gasteiger partial charge in [0.15, 0.2) is 0 Å². The molecule has 3 N–H and O–H groups in total. The fourth-order valence-corrected chi connectivity index (χ4v) is 2.84. The molecule has 0 aliphatic rings. The summed E-state index contributed by atoms with van der Waals surface area (Å²) in [5.74, 6) is -0.204. The molecule has 1 aromatic rings. The largest absolute Gasteiger partial charge is 0.329 e. The van der Waals surface area contributed by atoms with Gasteiger partial charge in [0, 0.05) is 32.2 Å². The Hall–Kier alpha value is -1.44. The SMILES string of the molecule is CC(=O)Nc1ccc(S(=O)(=O)N(C)C(C)CN)cc1. The summed E-state index contributed by atoms with van der Waals surface area (Å²) in [5.41, 5.74) is 6.03. The second-order valence-electron chi connectivity index (χ2n) is 4.31. The second-order valence-corrected chi connectivity index (χ2v) is 6.31. The van der Waals surface area contributed by atoms with Crippen LogP contribution < -0.4 is 11.1 Å². The zero-order valence-corrected chi connectivity index (χ0v) is 12.1. The molecule has 0 fully saturated rings. The van der Waals surface area contributed by atoms with Crippen molar-refractivity contribution in [3.63, 3.8) is 0 Å². The number of carbonyl (C=O) groups excluding carboxylic acids is 1. The van der Waals surface area contributed by atoms with Gasteiger partial charge in [-0.05, 0) is 31.2 Å². The summed E-state index contributed by atoms with van der Waals surface area (Å²) in [7, 11) is -2.06. The lowest BCUT2D eigenvalue weighted by molar-refractivity contribution is -0.114. The van der Waals surface area contributed by atoms with Crippen LogP contribution in [0.4, 0.5) is 5.69 Å². The van der Waals surface area contributed by atoms with Crippen LogP contribution in [0.5, 0.6) is 0 Å². The van der Waals surface area contributed by atoms with Gasteiger partial charge in [-0.15, -0.1) is 0 Å². The van der Waals surface area contributed by atoms with Gasteiger partial charge in [0.2, 0.25) is 15.9 Å². The maximum absolute atomic E-state index is 12.2. The summed E-state index contributed by atoms with van der Waals surface area (Å²) < 4.78 is 25.7. The number of hydrogen-bond acceptors (Lipinski definition) is 4. The molecule has 1 rings (SSSR count). The minimum absolute atomic E-state index is 0.171. The van der Waals surface area contributed by atoms with E-state index >= 15 is 0 Å². The molecule has 0 saturated heterocycles. The van der Waals surface area contributed by atoms with Gasteiger partial charge >= 0.3 is 0 Å². The molecule has 0 radical (unpaired) electrons. The van der Waals surface area contributed by atoms with Gasteiger partial charge in [0.1, 0.15) is 0 Å². The molecule has 1 aromatic carbocycles. The average Bonchev–Trinajstić information content (AvgIpc) is 2.36. The van der Waals surface area contributed by atoms with Gasteiger partial charge in [0.25, 0.3) is 0 Å². The highest BCUT2D eigenvalue weighted by atomic mass is 32.2. The van der Waals surface area contributed by atoms with Gasteiger partial charge in [-0.1, -0.05) is 0 Å². The van der Waals surface area contributed by atoms with Crippen molar-refractivity contribution < 1.29 is 13.2 Å². The molecule has 0 bridgehead atoms. The van der Waals surface area contributed by atoms with E-state index in [0.717, 1.165) is 0 Å². The predicted molar refractivity (Wildman–Crippen MR) is 74.2 cm³/mol. The second kappa shape index (κ2) is 6.14. The monoisotopic (exact) mass is 285 g/mol. The highest BCUT2D eigenvalue weighted by Gasteiger charge is 2.24. The molecular weight excluding hydrogens is 266 g/mol. The van der Waals surface area contributed by atoms with Crippen molar-refractivity contribution in [2.45, 2.75) is 24.8 Å². The Morgan fingerprint density at radius 1 is 1.37 bits per heavy atom. The number of nitrogens with zero attached hydrogens (tertiary/aromatic N) is 1. The summed E-state index contributed by atoms with van der Waals surface area (Å²) in [6.07, 6.45) is 0. The zero-order valence-electron chi connectivity index (χ0n) is 11.3. The van der Waals surface area contributed by atoms with E-state index in [0.29, 0.717) is 5.69 Å². The summed E-state index contributed by atoms with van der Waals surface area (Å²) in [4.78, 5) is 11.1. The molecule has 0 aliphatic carbocycles. The Bertz CT molecular complexity index is 540. The molecule has 6 nitrogen and oxygen atoms in total. The fraction of sp³-hybridized carbons (Fsp3) is 0.417. The summed E-state index contributed by atoms with van der Waals surface area (Å²) >= 11 is 0. The molecule has 106 valence electrons. The first-order valence-corrected chi connectivity index (χ1v) is 7.28. The lowest BCUT2D eigenvalue weighted by Gasteiger charge is -2.23. The fourth-order valence-electron chi connectivity index (χ4n) is 1.47. The van der Waals surface area contributed by atoms with Gasteiger partial charge in [-0.3, -0.25) is 4.79 Å². The molecule has 1 atom stereocenters. The Morgan fingerprint density at radius 2 is 1.89 bits per heavy atom. The van der Waals surface area contributed by atoms with Crippen LogP contribution in [0.3, 0.4) is 0 Å². The van der Waals surface area contributed by atoms with Crippen LogP contribution in [0.1, 0.15) is 13.8 Å². The number of benzene rings is 1. The Balaban J connectivity index is 3.00. The molecule has 0 heterocycles. The number of nitrogens with one attached hydrogen (secondary N) is 1. The average molecular weight is 285 g/mol. The molecule has 0 aromatic heterocycles. The number of hydrogen-bond donors (Lipinski definition) is 2. The molecule has 7 heteroatoms. The van der Waals surface area contributed by atoms with Crippen LogP contribution in [0, 0.1) is 0 Å². The number of rotatable bonds is 5. The van der Waals surface area contributed by atoms with Crippen LogP contribution in [0.25, 0.3) is 0 Å². The van der Waals surface area contributed by atoms with E-state index in [1.165, 1.54) is 30.4 Å². The predicted octanol–water partition coefficient (Wildman–Crippen LogP) is 0.613. The molecule has 1 unspecified atom stereocenters. The molecular formula is C12H19N3O3S. The Morgan fingerprint density at radius 3 is 2.32 bits per heavy atom. The Labute approximate surface area is 113 Å². The Kier molecular flexibility index (Phi) is 5.04. The normalized spacial score (nSPS) is 13.3. The molecule has 0 spiro atoms. The van der Waals surface area contributed by atoms with E-state index in [9.17, 15) is 13.2 Å². The summed E-state index contributed by atoms with van der Waals surface area (Å²) in [6.45, 7) is 3.38. The zero-order chi connectivity index (χ0) is 14.6. The third-order valence-electron chi connectivity index (χ3n) is 2.81. The third-order valence-corrected chi connectivity index (χ3v) is 4.80. The summed E-state index contributed by atoms with van der Waals surface area (Å²) in [5, 5.41) is 2.58. The minimum atomic E-state index is -3.55. The lowest BCUT2D eigenvalue weighted by atomic mass is 10.3. The van der Waals surface area contributed by atoms with Crippen molar-refractivity contribution in [2.24, 2.45) is 5.73 Å². The van der Waals surface area contributed by atoms with Crippen molar-refractivity contribution in [3.05, 3.63) is 24.3 Å². The number of amides is 1. The van der Waals surface area contributed by atoms with Crippen molar-refractivity contribution in [2.75, 3.05) is 18.9 Å². The smallest absolute Gasteiger partial charge is 0.243 e. The topological polar surface area (TPSA) is 92.5 Å². The van der Waals surface area contributed by atoms with E-state index in [1.54, 1.807) is 19.1 Å². The van der Waals surface area contributed by atoms with Gasteiger partial charge in [0.05, 0.1) is 4.90 Å². The summed E-state index contributed by atoms with van der Waals surface area (Å²) in [6, 6.07) is 5.74. The number of nitrogens with two attached hydrogens (primary N) is 1. The van der Waals surface area contributed by atoms with E-state index < -0.39 is 10.0 Å². The van der Waals surface area contributed by atoms with Crippen LogP contribution in [0.15, 0.2) is 29.2 Å². The first kappa shape index (κ1) is 15.6. The van der Waals surface area contributed by atoms with Crippen LogP contribution in [0.2, 0.25) is 0 Å². The highest BCUT2D eigenvalue weighted by molar-refractivity contribution is 7.89. The van der Waals surface area contributed by atoms with Crippen LogP contribution >= 0.6 is 0 Å². The number of carbonyl (C=O) groups is 1. The molecule has 0 saturated carbocycles. The van der Waals surface area contributed by atoms with Crippen molar-refractivity contribution >= 4 is 21.6 Å². The lowest BCUT2D eigenvalue weighted by Crippen LogP contribution is -2.39. The standard InChI is InChI=1S/C12H19N3O3S/c1-9(8-13)15(3)19(17,18)12-6-4-11(5-7-12)14-10(2)16/h4-7,9H,8,13H2,1-3H3,(H,14,16). The van der Waals surface area contributed by atoms with Crippen LogP contribution in [-0.2, 0) is 14.8 Å². The number of likely N-dealkylation sites (N-methyl/N-ethyl adjacent to an activating group) is 1. The molecule has 1 amide bonds. The molecule has 0 aliphatic heterocycles. The number of sulfonamides is 1. The third kappa shape index (κ3) is 3.76. The van der Waals surface area contributed by atoms with E-state index in [-0.39, 0.29) is 23.4 Å². The van der Waals surface area contributed by atoms with Crippen molar-refractivity contribution in [1.29, 1.82) is 0 Å². The van der Waals surface area contributed by atoms with Crippen LogP contribution in [-0.4, -0.2) is 38.3 Å². The van der Waals surface area contributed by atoms with Gasteiger partial charge < -0.3 is 11.1 Å². The maximum atomic E-state index is 12.2. The van der Waals surface area contributed by atoms with Crippen molar-refractivity contribution in [1.82, 2.24) is 4.31 Å². The maximum Gasteiger partial charge on any atom is 0.243 e.